The summed E-state index contributed by atoms with van der Waals surface area (Å²) in [6, 6.07) is 4.91. The number of nitrogens with one attached hydrogen (secondary N) is 1. The molecule has 4 nitrogen and oxygen atoms in total. The Bertz CT molecular complexity index is 490. The third kappa shape index (κ3) is 2.89. The van der Waals surface area contributed by atoms with E-state index in [1.807, 2.05) is 4.90 Å². The molecule has 1 atom stereocenters. The molecule has 0 aromatic heterocycles. The van der Waals surface area contributed by atoms with Crippen molar-refractivity contribution in [1.29, 1.82) is 0 Å². The van der Waals surface area contributed by atoms with Gasteiger partial charge in [-0.15, -0.1) is 0 Å². The molecule has 1 amide bonds. The first-order chi connectivity index (χ1) is 9.17. The largest absolute Gasteiger partial charge is 0.359 e. The van der Waals surface area contributed by atoms with Crippen molar-refractivity contribution in [2.75, 3.05) is 18.5 Å². The molecule has 0 radical (unpaired) electrons. The molecular weight excluding hydrogens is 264 g/mol. The molecule has 102 valence electrons. The molecule has 0 bridgehead atoms. The lowest BCUT2D eigenvalue weighted by molar-refractivity contribution is -0.122. The number of amides is 1. The van der Waals surface area contributed by atoms with Crippen LogP contribution in [0.15, 0.2) is 18.2 Å². The number of carbonyl (C=O) groups is 2. The van der Waals surface area contributed by atoms with Gasteiger partial charge in [0.25, 0.3) is 0 Å². The third-order valence-corrected chi connectivity index (χ3v) is 3.72. The van der Waals surface area contributed by atoms with E-state index in [0.29, 0.717) is 10.6 Å². The molecule has 0 saturated carbocycles. The van der Waals surface area contributed by atoms with Crippen molar-refractivity contribution in [3.63, 3.8) is 0 Å². The minimum atomic E-state index is -0.226. The predicted octanol–water partition coefficient (Wildman–Crippen LogP) is 2.26. The molecule has 1 heterocycles. The standard InChI is InChI=1S/C14H17ClN2O2/c1-16-14(19)12-4-2-3-7-17(12)13-8-11(15)6-5-10(13)9-18/h5-6,8-9,12H,2-4,7H2,1H3,(H,16,19). The van der Waals surface area contributed by atoms with Crippen molar-refractivity contribution in [3.8, 4) is 0 Å². The summed E-state index contributed by atoms with van der Waals surface area (Å²) in [4.78, 5) is 25.1. The number of carbonyl (C=O) groups excluding carboxylic acids is 2. The first-order valence-corrected chi connectivity index (χ1v) is 6.78. The van der Waals surface area contributed by atoms with Crippen LogP contribution in [0.5, 0.6) is 0 Å². The number of aldehydes is 1. The zero-order valence-electron chi connectivity index (χ0n) is 10.9. The number of anilines is 1. The second kappa shape index (κ2) is 6.06. The summed E-state index contributed by atoms with van der Waals surface area (Å²) >= 11 is 6.01. The average molecular weight is 281 g/mol. The van der Waals surface area contributed by atoms with Crippen molar-refractivity contribution in [1.82, 2.24) is 5.32 Å². The topological polar surface area (TPSA) is 49.4 Å². The van der Waals surface area contributed by atoms with Gasteiger partial charge in [-0.2, -0.15) is 0 Å². The molecule has 1 aromatic rings. The quantitative estimate of drug-likeness (QED) is 0.864. The second-order valence-electron chi connectivity index (χ2n) is 4.64. The Balaban J connectivity index is 2.39. The van der Waals surface area contributed by atoms with Crippen LogP contribution in [0.25, 0.3) is 0 Å². The first kappa shape index (κ1) is 13.9. The third-order valence-electron chi connectivity index (χ3n) is 3.48. The van der Waals surface area contributed by atoms with Gasteiger partial charge in [0, 0.05) is 29.9 Å². The molecule has 1 aromatic carbocycles. The van der Waals surface area contributed by atoms with Gasteiger partial charge in [-0.1, -0.05) is 11.6 Å². The molecule has 1 saturated heterocycles. The van der Waals surface area contributed by atoms with E-state index in [4.69, 9.17) is 11.6 Å². The highest BCUT2D eigenvalue weighted by molar-refractivity contribution is 6.31. The Hall–Kier alpha value is -1.55. The highest BCUT2D eigenvalue weighted by Gasteiger charge is 2.29. The Labute approximate surface area is 117 Å². The number of nitrogens with zero attached hydrogens (tertiary/aromatic N) is 1. The number of halogens is 1. The summed E-state index contributed by atoms with van der Waals surface area (Å²) in [7, 11) is 1.63. The van der Waals surface area contributed by atoms with Gasteiger partial charge in [0.15, 0.2) is 6.29 Å². The number of likely N-dealkylation sites (N-methyl/N-ethyl adjacent to an activating group) is 1. The highest BCUT2D eigenvalue weighted by Crippen LogP contribution is 2.29. The molecule has 1 unspecified atom stereocenters. The van der Waals surface area contributed by atoms with Crippen LogP contribution in [-0.2, 0) is 4.79 Å². The van der Waals surface area contributed by atoms with Gasteiger partial charge in [0.2, 0.25) is 5.91 Å². The van der Waals surface area contributed by atoms with Crippen molar-refractivity contribution in [2.24, 2.45) is 0 Å². The molecule has 0 aliphatic carbocycles. The minimum absolute atomic E-state index is 0.0171. The van der Waals surface area contributed by atoms with Crippen LogP contribution < -0.4 is 10.2 Å². The monoisotopic (exact) mass is 280 g/mol. The molecule has 1 aliphatic heterocycles. The summed E-state index contributed by atoms with van der Waals surface area (Å²) in [5.74, 6) is -0.0171. The fourth-order valence-corrected chi connectivity index (χ4v) is 2.69. The lowest BCUT2D eigenvalue weighted by atomic mass is 9.99. The molecular formula is C14H17ClN2O2. The van der Waals surface area contributed by atoms with Crippen LogP contribution in [-0.4, -0.2) is 31.8 Å². The normalized spacial score (nSPS) is 19.1. The summed E-state index contributed by atoms with van der Waals surface area (Å²) in [5.41, 5.74) is 1.32. The van der Waals surface area contributed by atoms with Crippen molar-refractivity contribution in [2.45, 2.75) is 25.3 Å². The molecule has 1 fully saturated rings. The van der Waals surface area contributed by atoms with E-state index >= 15 is 0 Å². The minimum Gasteiger partial charge on any atom is -0.359 e. The van der Waals surface area contributed by atoms with Crippen molar-refractivity contribution < 1.29 is 9.59 Å². The molecule has 2 rings (SSSR count). The van der Waals surface area contributed by atoms with Crippen LogP contribution in [0.3, 0.4) is 0 Å². The maximum atomic E-state index is 12.0. The Kier molecular flexibility index (Phi) is 4.43. The molecule has 1 N–H and O–H groups in total. The van der Waals surface area contributed by atoms with Crippen LogP contribution in [0.2, 0.25) is 5.02 Å². The zero-order chi connectivity index (χ0) is 13.8. The Morgan fingerprint density at radius 3 is 2.95 bits per heavy atom. The number of benzene rings is 1. The molecule has 5 heteroatoms. The fraction of sp³-hybridized carbons (Fsp3) is 0.429. The van der Waals surface area contributed by atoms with Gasteiger partial charge < -0.3 is 10.2 Å². The van der Waals surface area contributed by atoms with E-state index in [2.05, 4.69) is 5.32 Å². The maximum absolute atomic E-state index is 12.0. The average Bonchev–Trinajstić information content (AvgIpc) is 2.46. The Morgan fingerprint density at radius 1 is 1.47 bits per heavy atom. The van der Waals surface area contributed by atoms with E-state index < -0.39 is 0 Å². The number of rotatable bonds is 3. The van der Waals surface area contributed by atoms with Crippen LogP contribution in [0.4, 0.5) is 5.69 Å². The first-order valence-electron chi connectivity index (χ1n) is 6.40. The molecule has 19 heavy (non-hydrogen) atoms. The maximum Gasteiger partial charge on any atom is 0.242 e. The lowest BCUT2D eigenvalue weighted by Crippen LogP contribution is -2.49. The number of piperidine rings is 1. The Morgan fingerprint density at radius 2 is 2.26 bits per heavy atom. The van der Waals surface area contributed by atoms with Gasteiger partial charge in [-0.25, -0.2) is 0 Å². The summed E-state index contributed by atoms with van der Waals surface area (Å²) in [5, 5.41) is 3.26. The van der Waals surface area contributed by atoms with Gasteiger partial charge in [0.05, 0.1) is 0 Å². The fourth-order valence-electron chi connectivity index (χ4n) is 2.52. The van der Waals surface area contributed by atoms with Crippen LogP contribution >= 0.6 is 11.6 Å². The van der Waals surface area contributed by atoms with Crippen LogP contribution in [0, 0.1) is 0 Å². The summed E-state index contributed by atoms with van der Waals surface area (Å²) in [6.07, 6.45) is 3.63. The summed E-state index contributed by atoms with van der Waals surface area (Å²) < 4.78 is 0. The summed E-state index contributed by atoms with van der Waals surface area (Å²) in [6.45, 7) is 0.763. The number of hydrogen-bond donors (Lipinski definition) is 1. The molecule has 0 spiro atoms. The SMILES string of the molecule is CNC(=O)C1CCCCN1c1cc(Cl)ccc1C=O. The second-order valence-corrected chi connectivity index (χ2v) is 5.08. The smallest absolute Gasteiger partial charge is 0.242 e. The van der Waals surface area contributed by atoms with Gasteiger partial charge in [-0.3, -0.25) is 9.59 Å². The highest BCUT2D eigenvalue weighted by atomic mass is 35.5. The van der Waals surface area contributed by atoms with Crippen molar-refractivity contribution >= 4 is 29.5 Å². The van der Waals surface area contributed by atoms with Crippen molar-refractivity contribution in [3.05, 3.63) is 28.8 Å². The van der Waals surface area contributed by atoms with Gasteiger partial charge in [0.1, 0.15) is 6.04 Å². The van der Waals surface area contributed by atoms with E-state index in [0.717, 1.165) is 37.8 Å². The lowest BCUT2D eigenvalue weighted by Gasteiger charge is -2.37. The number of hydrogen-bond acceptors (Lipinski definition) is 3. The van der Waals surface area contributed by atoms with E-state index in [1.54, 1.807) is 25.2 Å². The predicted molar refractivity (Wildman–Crippen MR) is 75.9 cm³/mol. The van der Waals surface area contributed by atoms with E-state index in [1.165, 1.54) is 0 Å². The molecule has 1 aliphatic rings. The zero-order valence-corrected chi connectivity index (χ0v) is 11.6. The van der Waals surface area contributed by atoms with Gasteiger partial charge in [-0.05, 0) is 37.5 Å². The van der Waals surface area contributed by atoms with Gasteiger partial charge >= 0.3 is 0 Å². The van der Waals surface area contributed by atoms with E-state index in [-0.39, 0.29) is 11.9 Å². The van der Waals surface area contributed by atoms with E-state index in [9.17, 15) is 9.59 Å². The van der Waals surface area contributed by atoms with Crippen LogP contribution in [0.1, 0.15) is 29.6 Å².